The van der Waals surface area contributed by atoms with Gasteiger partial charge in [0.2, 0.25) is 0 Å². The average Bonchev–Trinajstić information content (AvgIpc) is 2.46. The van der Waals surface area contributed by atoms with Crippen molar-refractivity contribution in [1.82, 2.24) is 4.98 Å². The fraction of sp³-hybridized carbons (Fsp3) is 0.294. The molecule has 2 nitrogen and oxygen atoms in total. The lowest BCUT2D eigenvalue weighted by molar-refractivity contribution is 0.0991. The molecule has 104 valence electrons. The summed E-state index contributed by atoms with van der Waals surface area (Å²) in [5, 5.41) is 0. The van der Waals surface area contributed by atoms with Crippen LogP contribution in [-0.4, -0.2) is 10.8 Å². The van der Waals surface area contributed by atoms with Gasteiger partial charge in [0.05, 0.1) is 0 Å². The van der Waals surface area contributed by atoms with Crippen LogP contribution in [-0.2, 0) is 5.41 Å². The normalized spacial score (nSPS) is 13.0. The van der Waals surface area contributed by atoms with E-state index in [9.17, 15) is 4.79 Å². The number of aromatic nitrogens is 1. The van der Waals surface area contributed by atoms with Gasteiger partial charge in [-0.25, -0.2) is 0 Å². The largest absolute Gasteiger partial charge is 0.293 e. The van der Waals surface area contributed by atoms with Gasteiger partial charge in [-0.3, -0.25) is 9.78 Å². The first-order chi connectivity index (χ1) is 9.39. The zero-order chi connectivity index (χ0) is 14.8. The van der Waals surface area contributed by atoms with E-state index in [1.165, 1.54) is 5.56 Å². The maximum Gasteiger partial charge on any atom is 0.181 e. The molecule has 0 spiro atoms. The number of benzene rings is 1. The molecule has 1 unspecified atom stereocenters. The molecule has 2 aromatic rings. The Morgan fingerprint density at radius 2 is 1.60 bits per heavy atom. The van der Waals surface area contributed by atoms with Gasteiger partial charge in [0.25, 0.3) is 0 Å². The number of hydrogen-bond donors (Lipinski definition) is 0. The van der Waals surface area contributed by atoms with Crippen LogP contribution in [0.1, 0.15) is 47.1 Å². The summed E-state index contributed by atoms with van der Waals surface area (Å²) in [5.74, 6) is 0.0518. The SMILES string of the molecule is CC(C)(C)c1ccc(C(Br)C(=O)c2ccncc2)cc1. The number of alkyl halides is 1. The van der Waals surface area contributed by atoms with Crippen molar-refractivity contribution >= 4 is 21.7 Å². The molecule has 2 rings (SSSR count). The van der Waals surface area contributed by atoms with Gasteiger partial charge in [-0.15, -0.1) is 0 Å². The molecule has 1 heterocycles. The molecule has 0 radical (unpaired) electrons. The van der Waals surface area contributed by atoms with Crippen molar-refractivity contribution in [3.8, 4) is 0 Å². The Kier molecular flexibility index (Phi) is 4.39. The molecular formula is C17H18BrNO. The smallest absolute Gasteiger partial charge is 0.181 e. The third kappa shape index (κ3) is 3.34. The highest BCUT2D eigenvalue weighted by Crippen LogP contribution is 2.29. The molecular weight excluding hydrogens is 314 g/mol. The number of pyridine rings is 1. The molecule has 0 fully saturated rings. The number of carbonyl (C=O) groups excluding carboxylic acids is 1. The van der Waals surface area contributed by atoms with Gasteiger partial charge in [-0.05, 0) is 28.7 Å². The molecule has 0 aliphatic heterocycles. The number of ketones is 1. The van der Waals surface area contributed by atoms with E-state index in [2.05, 4.69) is 53.8 Å². The minimum atomic E-state index is -0.320. The summed E-state index contributed by atoms with van der Waals surface area (Å²) >= 11 is 3.49. The van der Waals surface area contributed by atoms with E-state index in [1.807, 2.05) is 12.1 Å². The van der Waals surface area contributed by atoms with Crippen LogP contribution in [0.5, 0.6) is 0 Å². The second-order valence-corrected chi connectivity index (χ2v) is 6.75. The van der Waals surface area contributed by atoms with Crippen LogP contribution < -0.4 is 0 Å². The van der Waals surface area contributed by atoms with Crippen molar-refractivity contribution in [1.29, 1.82) is 0 Å². The quantitative estimate of drug-likeness (QED) is 0.602. The second-order valence-electron chi connectivity index (χ2n) is 5.83. The van der Waals surface area contributed by atoms with Crippen molar-refractivity contribution in [3.63, 3.8) is 0 Å². The zero-order valence-corrected chi connectivity index (χ0v) is 13.5. The average molecular weight is 332 g/mol. The van der Waals surface area contributed by atoms with Crippen LogP contribution in [0.3, 0.4) is 0 Å². The molecule has 0 aliphatic carbocycles. The molecule has 0 saturated heterocycles. The van der Waals surface area contributed by atoms with Crippen molar-refractivity contribution < 1.29 is 4.79 Å². The van der Waals surface area contributed by atoms with Crippen LogP contribution in [0, 0.1) is 0 Å². The van der Waals surface area contributed by atoms with Gasteiger partial charge < -0.3 is 0 Å². The van der Waals surface area contributed by atoms with Gasteiger partial charge >= 0.3 is 0 Å². The second kappa shape index (κ2) is 5.88. The Bertz CT molecular complexity index is 585. The highest BCUT2D eigenvalue weighted by molar-refractivity contribution is 9.09. The monoisotopic (exact) mass is 331 g/mol. The Hall–Kier alpha value is -1.48. The minimum Gasteiger partial charge on any atom is -0.293 e. The lowest BCUT2D eigenvalue weighted by Crippen LogP contribution is -2.12. The van der Waals surface area contributed by atoms with Crippen molar-refractivity contribution in [2.75, 3.05) is 0 Å². The van der Waals surface area contributed by atoms with Gasteiger partial charge in [0.1, 0.15) is 4.83 Å². The minimum absolute atomic E-state index is 0.0518. The Labute approximate surface area is 128 Å². The fourth-order valence-corrected chi connectivity index (χ4v) is 2.54. The van der Waals surface area contributed by atoms with E-state index < -0.39 is 0 Å². The number of rotatable bonds is 3. The number of halogens is 1. The highest BCUT2D eigenvalue weighted by Gasteiger charge is 2.20. The topological polar surface area (TPSA) is 30.0 Å². The number of Topliss-reactive ketones (excluding diaryl/α,β-unsaturated/α-hetero) is 1. The standard InChI is InChI=1S/C17H18BrNO/c1-17(2,3)14-6-4-12(5-7-14)15(18)16(20)13-8-10-19-11-9-13/h4-11,15H,1-3H3. The molecule has 0 aliphatic rings. The zero-order valence-electron chi connectivity index (χ0n) is 11.9. The summed E-state index contributed by atoms with van der Waals surface area (Å²) in [6.45, 7) is 6.53. The van der Waals surface area contributed by atoms with E-state index in [0.29, 0.717) is 5.56 Å². The van der Waals surface area contributed by atoms with Gasteiger partial charge in [0.15, 0.2) is 5.78 Å². The summed E-state index contributed by atoms with van der Waals surface area (Å²) in [7, 11) is 0. The van der Waals surface area contributed by atoms with E-state index >= 15 is 0 Å². The first-order valence-corrected chi connectivity index (χ1v) is 7.50. The third-order valence-electron chi connectivity index (χ3n) is 3.26. The molecule has 0 saturated carbocycles. The lowest BCUT2D eigenvalue weighted by Gasteiger charge is -2.19. The molecule has 1 aromatic heterocycles. The van der Waals surface area contributed by atoms with Crippen LogP contribution in [0.2, 0.25) is 0 Å². The highest BCUT2D eigenvalue weighted by atomic mass is 79.9. The number of carbonyl (C=O) groups is 1. The maximum atomic E-state index is 12.4. The summed E-state index contributed by atoms with van der Waals surface area (Å²) in [6, 6.07) is 11.7. The van der Waals surface area contributed by atoms with E-state index in [1.54, 1.807) is 24.5 Å². The fourth-order valence-electron chi connectivity index (χ4n) is 1.97. The lowest BCUT2D eigenvalue weighted by atomic mass is 9.86. The number of nitrogens with zero attached hydrogens (tertiary/aromatic N) is 1. The summed E-state index contributed by atoms with van der Waals surface area (Å²) in [5.41, 5.74) is 3.02. The van der Waals surface area contributed by atoms with Crippen LogP contribution in [0.4, 0.5) is 0 Å². The van der Waals surface area contributed by atoms with Gasteiger partial charge in [-0.1, -0.05) is 61.0 Å². The molecule has 0 N–H and O–H groups in total. The van der Waals surface area contributed by atoms with Crippen LogP contribution >= 0.6 is 15.9 Å². The molecule has 0 amide bonds. The first kappa shape index (κ1) is 14.9. The van der Waals surface area contributed by atoms with Crippen LogP contribution in [0.15, 0.2) is 48.8 Å². The third-order valence-corrected chi connectivity index (χ3v) is 4.21. The Morgan fingerprint density at radius 3 is 2.10 bits per heavy atom. The Morgan fingerprint density at radius 1 is 1.05 bits per heavy atom. The van der Waals surface area contributed by atoms with Crippen molar-refractivity contribution in [2.45, 2.75) is 31.0 Å². The summed E-state index contributed by atoms with van der Waals surface area (Å²) in [4.78, 5) is 16.0. The van der Waals surface area contributed by atoms with Crippen molar-refractivity contribution in [2.24, 2.45) is 0 Å². The summed E-state index contributed by atoms with van der Waals surface area (Å²) < 4.78 is 0. The van der Waals surface area contributed by atoms with E-state index in [0.717, 1.165) is 5.56 Å². The van der Waals surface area contributed by atoms with E-state index in [-0.39, 0.29) is 16.0 Å². The van der Waals surface area contributed by atoms with Crippen LogP contribution in [0.25, 0.3) is 0 Å². The predicted molar refractivity (Wildman–Crippen MR) is 85.4 cm³/mol. The van der Waals surface area contributed by atoms with E-state index in [4.69, 9.17) is 0 Å². The molecule has 20 heavy (non-hydrogen) atoms. The molecule has 1 aromatic carbocycles. The Balaban J connectivity index is 2.22. The van der Waals surface area contributed by atoms with Gasteiger partial charge in [0, 0.05) is 18.0 Å². The summed E-state index contributed by atoms with van der Waals surface area (Å²) in [6.07, 6.45) is 3.27. The van der Waals surface area contributed by atoms with Gasteiger partial charge in [-0.2, -0.15) is 0 Å². The molecule has 3 heteroatoms. The molecule has 1 atom stereocenters. The predicted octanol–water partition coefficient (Wildman–Crippen LogP) is 4.70. The number of hydrogen-bond acceptors (Lipinski definition) is 2. The van der Waals surface area contributed by atoms with Crippen molar-refractivity contribution in [3.05, 3.63) is 65.5 Å². The molecule has 0 bridgehead atoms. The first-order valence-electron chi connectivity index (χ1n) is 6.58. The maximum absolute atomic E-state index is 12.4.